The molecule has 20 heavy (non-hydrogen) atoms. The molecule has 1 aliphatic rings. The summed E-state index contributed by atoms with van der Waals surface area (Å²) in [4.78, 5) is 27.1. The second kappa shape index (κ2) is 9.75. The van der Waals surface area contributed by atoms with Crippen LogP contribution in [0.5, 0.6) is 0 Å². The van der Waals surface area contributed by atoms with Crippen molar-refractivity contribution in [3.8, 4) is 0 Å². The molecule has 0 atom stereocenters. The van der Waals surface area contributed by atoms with Gasteiger partial charge in [0.05, 0.1) is 6.61 Å². The molecule has 0 radical (unpaired) electrons. The van der Waals surface area contributed by atoms with E-state index in [0.717, 1.165) is 52.0 Å². The van der Waals surface area contributed by atoms with Crippen LogP contribution < -0.4 is 0 Å². The van der Waals surface area contributed by atoms with E-state index in [9.17, 15) is 9.59 Å². The molecule has 0 aromatic carbocycles. The van der Waals surface area contributed by atoms with Crippen molar-refractivity contribution in [3.05, 3.63) is 0 Å². The van der Waals surface area contributed by atoms with Gasteiger partial charge in [0.15, 0.2) is 0 Å². The minimum Gasteiger partial charge on any atom is -0.466 e. The number of piperazine rings is 1. The van der Waals surface area contributed by atoms with Crippen LogP contribution in [0.2, 0.25) is 0 Å². The lowest BCUT2D eigenvalue weighted by atomic mass is 10.2. The van der Waals surface area contributed by atoms with Crippen molar-refractivity contribution >= 4 is 11.9 Å². The van der Waals surface area contributed by atoms with E-state index in [0.29, 0.717) is 19.4 Å². The summed E-state index contributed by atoms with van der Waals surface area (Å²) in [5.74, 6) is 0.179. The molecule has 1 aliphatic heterocycles. The van der Waals surface area contributed by atoms with Crippen molar-refractivity contribution in [3.63, 3.8) is 0 Å². The van der Waals surface area contributed by atoms with E-state index < -0.39 is 0 Å². The van der Waals surface area contributed by atoms with Crippen molar-refractivity contribution in [1.82, 2.24) is 9.80 Å². The number of hydrogen-bond acceptors (Lipinski definition) is 4. The summed E-state index contributed by atoms with van der Waals surface area (Å²) >= 11 is 0. The number of carbonyl (C=O) groups excluding carboxylic acids is 2. The third kappa shape index (κ3) is 6.37. The lowest BCUT2D eigenvalue weighted by Gasteiger charge is -2.34. The van der Waals surface area contributed by atoms with E-state index in [1.54, 1.807) is 0 Å². The Hall–Kier alpha value is -1.10. The SMILES string of the molecule is CCOC(=O)CCCCCN1CCN(C(=O)CC)CC1. The van der Waals surface area contributed by atoms with Gasteiger partial charge in [-0.15, -0.1) is 0 Å². The standard InChI is InChI=1S/C15H28N2O3/c1-3-14(18)17-12-10-16(11-13-17)9-7-5-6-8-15(19)20-4-2/h3-13H2,1-2H3. The smallest absolute Gasteiger partial charge is 0.305 e. The fourth-order valence-corrected chi connectivity index (χ4v) is 2.46. The third-order valence-electron chi connectivity index (χ3n) is 3.69. The van der Waals surface area contributed by atoms with E-state index in [-0.39, 0.29) is 11.9 Å². The fraction of sp³-hybridized carbons (Fsp3) is 0.867. The molecule has 1 rings (SSSR count). The molecule has 0 spiro atoms. The quantitative estimate of drug-likeness (QED) is 0.502. The molecule has 0 saturated carbocycles. The molecule has 0 aromatic heterocycles. The molecule has 0 bridgehead atoms. The normalized spacial score (nSPS) is 16.2. The fourth-order valence-electron chi connectivity index (χ4n) is 2.46. The Balaban J connectivity index is 2.02. The van der Waals surface area contributed by atoms with Crippen LogP contribution in [0.25, 0.3) is 0 Å². The highest BCUT2D eigenvalue weighted by molar-refractivity contribution is 5.75. The molecule has 5 heteroatoms. The van der Waals surface area contributed by atoms with Crippen molar-refractivity contribution in [1.29, 1.82) is 0 Å². The van der Waals surface area contributed by atoms with Crippen LogP contribution in [0.15, 0.2) is 0 Å². The Morgan fingerprint density at radius 2 is 1.70 bits per heavy atom. The zero-order valence-electron chi connectivity index (χ0n) is 12.9. The van der Waals surface area contributed by atoms with Gasteiger partial charge in [0, 0.05) is 39.0 Å². The van der Waals surface area contributed by atoms with Crippen molar-refractivity contribution < 1.29 is 14.3 Å². The first kappa shape index (κ1) is 17.0. The molecule has 0 unspecified atom stereocenters. The highest BCUT2D eigenvalue weighted by Gasteiger charge is 2.19. The van der Waals surface area contributed by atoms with Crippen LogP contribution in [-0.2, 0) is 14.3 Å². The number of amides is 1. The zero-order valence-corrected chi connectivity index (χ0v) is 12.9. The Morgan fingerprint density at radius 3 is 2.30 bits per heavy atom. The van der Waals surface area contributed by atoms with E-state index in [2.05, 4.69) is 4.90 Å². The Kier molecular flexibility index (Phi) is 8.26. The van der Waals surface area contributed by atoms with Gasteiger partial charge in [-0.2, -0.15) is 0 Å². The second-order valence-corrected chi connectivity index (χ2v) is 5.19. The Bertz CT molecular complexity index is 299. The number of ether oxygens (including phenoxy) is 1. The predicted octanol–water partition coefficient (Wildman–Crippen LogP) is 1.66. The lowest BCUT2D eigenvalue weighted by molar-refractivity contribution is -0.143. The summed E-state index contributed by atoms with van der Waals surface area (Å²) in [6.45, 7) is 8.95. The number of esters is 1. The lowest BCUT2D eigenvalue weighted by Crippen LogP contribution is -2.48. The van der Waals surface area contributed by atoms with Gasteiger partial charge in [-0.05, 0) is 26.3 Å². The monoisotopic (exact) mass is 284 g/mol. The van der Waals surface area contributed by atoms with Gasteiger partial charge >= 0.3 is 5.97 Å². The predicted molar refractivity (Wildman–Crippen MR) is 78.4 cm³/mol. The number of carbonyl (C=O) groups is 2. The maximum atomic E-state index is 11.6. The average Bonchev–Trinajstić information content (AvgIpc) is 2.47. The number of nitrogens with zero attached hydrogens (tertiary/aromatic N) is 2. The number of hydrogen-bond donors (Lipinski definition) is 0. The average molecular weight is 284 g/mol. The van der Waals surface area contributed by atoms with Gasteiger partial charge in [0.1, 0.15) is 0 Å². The summed E-state index contributed by atoms with van der Waals surface area (Å²) in [6.07, 6.45) is 4.22. The van der Waals surface area contributed by atoms with E-state index in [1.807, 2.05) is 18.7 Å². The van der Waals surface area contributed by atoms with E-state index >= 15 is 0 Å². The summed E-state index contributed by atoms with van der Waals surface area (Å²) in [6, 6.07) is 0. The zero-order chi connectivity index (χ0) is 14.8. The highest BCUT2D eigenvalue weighted by atomic mass is 16.5. The van der Waals surface area contributed by atoms with Crippen molar-refractivity contribution in [2.45, 2.75) is 46.0 Å². The van der Waals surface area contributed by atoms with Crippen LogP contribution in [-0.4, -0.2) is 61.0 Å². The van der Waals surface area contributed by atoms with Gasteiger partial charge in [-0.1, -0.05) is 13.3 Å². The molecular weight excluding hydrogens is 256 g/mol. The molecule has 1 fully saturated rings. The minimum absolute atomic E-state index is 0.0841. The minimum atomic E-state index is -0.0841. The third-order valence-corrected chi connectivity index (χ3v) is 3.69. The van der Waals surface area contributed by atoms with Crippen LogP contribution >= 0.6 is 0 Å². The number of unbranched alkanes of at least 4 members (excludes halogenated alkanes) is 2. The summed E-state index contributed by atoms with van der Waals surface area (Å²) in [5, 5.41) is 0. The van der Waals surface area contributed by atoms with Gasteiger partial charge in [-0.3, -0.25) is 14.5 Å². The van der Waals surface area contributed by atoms with Crippen molar-refractivity contribution in [2.24, 2.45) is 0 Å². The van der Waals surface area contributed by atoms with Gasteiger partial charge in [0.25, 0.3) is 0 Å². The molecular formula is C15H28N2O3. The Morgan fingerprint density at radius 1 is 1.00 bits per heavy atom. The van der Waals surface area contributed by atoms with Crippen LogP contribution in [0, 0.1) is 0 Å². The van der Waals surface area contributed by atoms with Gasteiger partial charge < -0.3 is 9.64 Å². The first-order chi connectivity index (χ1) is 9.67. The van der Waals surface area contributed by atoms with Gasteiger partial charge in [-0.25, -0.2) is 0 Å². The first-order valence-corrected chi connectivity index (χ1v) is 7.83. The van der Waals surface area contributed by atoms with Crippen LogP contribution in [0.3, 0.4) is 0 Å². The molecule has 0 aliphatic carbocycles. The second-order valence-electron chi connectivity index (χ2n) is 5.19. The molecule has 0 N–H and O–H groups in total. The van der Waals surface area contributed by atoms with Crippen molar-refractivity contribution in [2.75, 3.05) is 39.3 Å². The van der Waals surface area contributed by atoms with Gasteiger partial charge in [0.2, 0.25) is 5.91 Å². The molecule has 5 nitrogen and oxygen atoms in total. The number of rotatable bonds is 8. The maximum Gasteiger partial charge on any atom is 0.305 e. The highest BCUT2D eigenvalue weighted by Crippen LogP contribution is 2.07. The van der Waals surface area contributed by atoms with Crippen LogP contribution in [0.4, 0.5) is 0 Å². The molecule has 0 aromatic rings. The first-order valence-electron chi connectivity index (χ1n) is 7.83. The molecule has 1 amide bonds. The van der Waals surface area contributed by atoms with Crippen LogP contribution in [0.1, 0.15) is 46.0 Å². The molecule has 1 heterocycles. The summed E-state index contributed by atoms with van der Waals surface area (Å²) in [5.41, 5.74) is 0. The van der Waals surface area contributed by atoms with E-state index in [4.69, 9.17) is 4.74 Å². The van der Waals surface area contributed by atoms with E-state index in [1.165, 1.54) is 0 Å². The topological polar surface area (TPSA) is 49.9 Å². The summed E-state index contributed by atoms with van der Waals surface area (Å²) in [7, 11) is 0. The molecule has 1 saturated heterocycles. The molecule has 116 valence electrons. The Labute approximate surface area is 122 Å². The maximum absolute atomic E-state index is 11.6. The summed E-state index contributed by atoms with van der Waals surface area (Å²) < 4.78 is 4.90. The largest absolute Gasteiger partial charge is 0.466 e.